The Morgan fingerprint density at radius 3 is 1.67 bits per heavy atom. The Kier molecular flexibility index (Phi) is 20.1. The fraction of sp³-hybridized carbons (Fsp3) is 0.697. The summed E-state index contributed by atoms with van der Waals surface area (Å²) in [6, 6.07) is -8.33. The molecule has 0 unspecified atom stereocenters. The molecular formula is C33H58N10O9. The Hall–Kier alpha value is -4.62. The number of aliphatic hydroxyl groups is 1. The molecular weight excluding hydrogens is 680 g/mol. The number of hydrogen-bond acceptors (Lipinski definition) is 11. The van der Waals surface area contributed by atoms with Crippen LogP contribution in [0.2, 0.25) is 0 Å². The summed E-state index contributed by atoms with van der Waals surface area (Å²) in [4.78, 5) is 96.7. The maximum atomic E-state index is 13.5. The topological polar surface area (TPSA) is 313 Å². The molecule has 1 rings (SSSR count). The van der Waals surface area contributed by atoms with E-state index < -0.39 is 90.3 Å². The predicted molar refractivity (Wildman–Crippen MR) is 190 cm³/mol. The van der Waals surface area contributed by atoms with E-state index in [4.69, 9.17) is 16.6 Å². The van der Waals surface area contributed by atoms with Crippen LogP contribution in [0.15, 0.2) is 12.5 Å². The Morgan fingerprint density at radius 1 is 0.692 bits per heavy atom. The van der Waals surface area contributed by atoms with Gasteiger partial charge in [0.05, 0.1) is 19.0 Å². The standard InChI is InChI=1S/C33H58N10O9/c1-17(2)11-23(29(47)39-20(6)33(51)52)41-32(50)26(15-44)43-27(45)19(5)38-30(48)25(13-21-14-36-16-37-21)42-31(49)24(12-18(3)4)40-28(46)22(35)9-7-8-10-34/h14,16-20,22-26,44H,7-13,15,34-35H2,1-6H3,(H,36,37)(H,38,48)(H,39,47)(H,40,46)(H,41,50)(H,42,49)(H,43,45)(H,51,52)/t19-,20-,22-,23-,24-,25-,26-/m0/s1. The Morgan fingerprint density at radius 2 is 1.17 bits per heavy atom. The minimum Gasteiger partial charge on any atom is -0.480 e. The zero-order valence-electron chi connectivity index (χ0n) is 30.9. The molecule has 294 valence electrons. The first-order valence-corrected chi connectivity index (χ1v) is 17.5. The number of nitrogens with one attached hydrogen (secondary N) is 7. The third-order valence-electron chi connectivity index (χ3n) is 7.89. The number of carbonyl (C=O) groups is 7. The third-order valence-corrected chi connectivity index (χ3v) is 7.89. The first kappa shape index (κ1) is 45.4. The molecule has 0 saturated heterocycles. The van der Waals surface area contributed by atoms with E-state index in [1.165, 1.54) is 26.4 Å². The number of aliphatic hydroxyl groups excluding tert-OH is 1. The number of carbonyl (C=O) groups excluding carboxylic acids is 6. The number of rotatable bonds is 24. The monoisotopic (exact) mass is 738 g/mol. The van der Waals surface area contributed by atoms with E-state index in [1.807, 2.05) is 13.8 Å². The maximum Gasteiger partial charge on any atom is 0.325 e. The lowest BCUT2D eigenvalue weighted by atomic mass is 10.0. The molecule has 19 heteroatoms. The highest BCUT2D eigenvalue weighted by Crippen LogP contribution is 2.09. The third kappa shape index (κ3) is 16.6. The molecule has 0 bridgehead atoms. The second kappa shape index (κ2) is 23.0. The van der Waals surface area contributed by atoms with Gasteiger partial charge in [-0.25, -0.2) is 4.98 Å². The average molecular weight is 739 g/mol. The number of nitrogens with two attached hydrogens (primary N) is 2. The summed E-state index contributed by atoms with van der Waals surface area (Å²) < 4.78 is 0. The number of carboxylic acid groups (broad SMARTS) is 1. The molecule has 7 atom stereocenters. The highest BCUT2D eigenvalue weighted by Gasteiger charge is 2.32. The Bertz CT molecular complexity index is 1330. The van der Waals surface area contributed by atoms with Crippen LogP contribution in [0.4, 0.5) is 0 Å². The van der Waals surface area contributed by atoms with Crippen LogP contribution in [0, 0.1) is 11.8 Å². The molecule has 1 aromatic rings. The van der Waals surface area contributed by atoms with Gasteiger partial charge in [0.25, 0.3) is 0 Å². The number of aromatic nitrogens is 2. The quantitative estimate of drug-likeness (QED) is 0.0492. The van der Waals surface area contributed by atoms with Crippen molar-refractivity contribution in [3.8, 4) is 0 Å². The van der Waals surface area contributed by atoms with Crippen LogP contribution >= 0.6 is 0 Å². The van der Waals surface area contributed by atoms with Crippen LogP contribution in [0.25, 0.3) is 0 Å². The van der Waals surface area contributed by atoms with Gasteiger partial charge in [0, 0.05) is 18.3 Å². The minimum atomic E-state index is -1.53. The molecule has 0 aliphatic carbocycles. The summed E-state index contributed by atoms with van der Waals surface area (Å²) in [6.07, 6.45) is 4.86. The van der Waals surface area contributed by atoms with E-state index in [0.29, 0.717) is 31.5 Å². The van der Waals surface area contributed by atoms with Gasteiger partial charge >= 0.3 is 5.97 Å². The number of aromatic amines is 1. The molecule has 6 amide bonds. The van der Waals surface area contributed by atoms with Crippen molar-refractivity contribution in [2.24, 2.45) is 23.3 Å². The summed E-state index contributed by atoms with van der Waals surface area (Å²) in [5.74, 6) is -5.88. The SMILES string of the molecule is CC(C)C[C@H](NC(=O)[C@H](CO)NC(=O)[C@H](C)NC(=O)[C@H](Cc1cnc[nH]1)NC(=O)[C@H](CC(C)C)NC(=O)[C@@H](N)CCCCN)C(=O)N[C@@H](C)C(=O)O. The average Bonchev–Trinajstić information content (AvgIpc) is 3.58. The van der Waals surface area contributed by atoms with Gasteiger partial charge in [0.2, 0.25) is 35.4 Å². The van der Waals surface area contributed by atoms with Crippen molar-refractivity contribution in [3.63, 3.8) is 0 Å². The molecule has 1 heterocycles. The van der Waals surface area contributed by atoms with E-state index in [-0.39, 0.29) is 31.1 Å². The van der Waals surface area contributed by atoms with Crippen molar-refractivity contribution in [1.82, 2.24) is 41.9 Å². The predicted octanol–water partition coefficient (Wildman–Crippen LogP) is -2.47. The fourth-order valence-corrected chi connectivity index (χ4v) is 4.94. The van der Waals surface area contributed by atoms with Crippen LogP contribution in [0.5, 0.6) is 0 Å². The van der Waals surface area contributed by atoms with E-state index in [2.05, 4.69) is 41.9 Å². The second-order valence-corrected chi connectivity index (χ2v) is 13.7. The summed E-state index contributed by atoms with van der Waals surface area (Å²) >= 11 is 0. The maximum absolute atomic E-state index is 13.5. The first-order valence-electron chi connectivity index (χ1n) is 17.5. The van der Waals surface area contributed by atoms with Crippen molar-refractivity contribution in [3.05, 3.63) is 18.2 Å². The lowest BCUT2D eigenvalue weighted by Crippen LogP contribution is -2.60. The molecule has 0 aliphatic rings. The largest absolute Gasteiger partial charge is 0.480 e. The van der Waals surface area contributed by atoms with Gasteiger partial charge < -0.3 is 58.6 Å². The molecule has 0 saturated carbocycles. The van der Waals surface area contributed by atoms with Crippen molar-refractivity contribution < 1.29 is 43.8 Å². The molecule has 13 N–H and O–H groups in total. The van der Waals surface area contributed by atoms with Crippen molar-refractivity contribution in [2.45, 2.75) is 122 Å². The zero-order valence-corrected chi connectivity index (χ0v) is 30.9. The molecule has 0 fully saturated rings. The molecule has 19 nitrogen and oxygen atoms in total. The number of amides is 6. The van der Waals surface area contributed by atoms with E-state index in [0.717, 1.165) is 0 Å². The molecule has 0 aromatic carbocycles. The number of aliphatic carboxylic acids is 1. The number of hydrogen-bond donors (Lipinski definition) is 11. The molecule has 1 aromatic heterocycles. The van der Waals surface area contributed by atoms with Gasteiger partial charge in [-0.1, -0.05) is 34.1 Å². The first-order chi connectivity index (χ1) is 24.4. The van der Waals surface area contributed by atoms with Crippen LogP contribution in [0.1, 0.15) is 79.3 Å². The van der Waals surface area contributed by atoms with Gasteiger partial charge in [-0.05, 0) is 57.9 Å². The van der Waals surface area contributed by atoms with E-state index >= 15 is 0 Å². The summed E-state index contributed by atoms with van der Waals surface area (Å²) in [6.45, 7) is 9.47. The smallest absolute Gasteiger partial charge is 0.325 e. The van der Waals surface area contributed by atoms with E-state index in [9.17, 15) is 38.7 Å². The number of carboxylic acids is 1. The minimum absolute atomic E-state index is 0.0203. The molecule has 52 heavy (non-hydrogen) atoms. The van der Waals surface area contributed by atoms with Gasteiger partial charge in [-0.2, -0.15) is 0 Å². The number of unbranched alkanes of at least 4 members (excludes halogenated alkanes) is 1. The highest BCUT2D eigenvalue weighted by molar-refractivity contribution is 5.97. The Labute approximate surface area is 304 Å². The van der Waals surface area contributed by atoms with Crippen LogP contribution in [-0.2, 0) is 40.0 Å². The molecule has 0 radical (unpaired) electrons. The number of nitrogens with zero attached hydrogens (tertiary/aromatic N) is 1. The second-order valence-electron chi connectivity index (χ2n) is 13.7. The lowest BCUT2D eigenvalue weighted by molar-refractivity contribution is -0.142. The normalized spacial score (nSPS) is 15.3. The summed E-state index contributed by atoms with van der Waals surface area (Å²) in [7, 11) is 0. The fourth-order valence-electron chi connectivity index (χ4n) is 4.94. The van der Waals surface area contributed by atoms with Gasteiger partial charge in [-0.3, -0.25) is 33.6 Å². The van der Waals surface area contributed by atoms with Crippen molar-refractivity contribution in [1.29, 1.82) is 0 Å². The lowest BCUT2D eigenvalue weighted by Gasteiger charge is -2.26. The summed E-state index contributed by atoms with van der Waals surface area (Å²) in [5, 5.41) is 34.0. The van der Waals surface area contributed by atoms with Gasteiger partial charge in [0.1, 0.15) is 36.3 Å². The van der Waals surface area contributed by atoms with Crippen LogP contribution in [0.3, 0.4) is 0 Å². The van der Waals surface area contributed by atoms with Crippen LogP contribution < -0.4 is 43.4 Å². The highest BCUT2D eigenvalue weighted by atomic mass is 16.4. The number of H-pyrrole nitrogens is 1. The zero-order chi connectivity index (χ0) is 39.5. The summed E-state index contributed by atoms with van der Waals surface area (Å²) in [5.41, 5.74) is 12.0. The van der Waals surface area contributed by atoms with E-state index in [1.54, 1.807) is 13.8 Å². The molecule has 0 spiro atoms. The number of imidazole rings is 1. The van der Waals surface area contributed by atoms with Crippen molar-refractivity contribution in [2.75, 3.05) is 13.2 Å². The van der Waals surface area contributed by atoms with Gasteiger partial charge in [-0.15, -0.1) is 0 Å². The van der Waals surface area contributed by atoms with Gasteiger partial charge in [0.15, 0.2) is 0 Å². The van der Waals surface area contributed by atoms with Crippen molar-refractivity contribution >= 4 is 41.4 Å². The van der Waals surface area contributed by atoms with Crippen LogP contribution in [-0.4, -0.2) is 117 Å². The Balaban J connectivity index is 3.06. The molecule has 0 aliphatic heterocycles.